The smallest absolute Gasteiger partial charge is 0.0698 e. The van der Waals surface area contributed by atoms with Crippen molar-refractivity contribution < 1.29 is 0 Å². The second kappa shape index (κ2) is 2.44. The van der Waals surface area contributed by atoms with E-state index in [0.29, 0.717) is 0 Å². The Morgan fingerprint density at radius 2 is 2.50 bits per heavy atom. The van der Waals surface area contributed by atoms with Crippen LogP contribution < -0.4 is 11.1 Å². The van der Waals surface area contributed by atoms with Gasteiger partial charge in [0, 0.05) is 19.6 Å². The summed E-state index contributed by atoms with van der Waals surface area (Å²) >= 11 is 0. The van der Waals surface area contributed by atoms with Gasteiger partial charge < -0.3 is 11.1 Å². The highest BCUT2D eigenvalue weighted by Crippen LogP contribution is 1.90. The van der Waals surface area contributed by atoms with Gasteiger partial charge in [0.1, 0.15) is 0 Å². The zero-order valence-electron chi connectivity index (χ0n) is 5.22. The fourth-order valence-corrected chi connectivity index (χ4v) is 0.827. The number of nitrogens with one attached hydrogen (secondary N) is 1. The molecule has 0 amide bonds. The van der Waals surface area contributed by atoms with Crippen molar-refractivity contribution in [3.63, 3.8) is 0 Å². The lowest BCUT2D eigenvalue weighted by Gasteiger charge is -2.29. The van der Waals surface area contributed by atoms with Crippen LogP contribution in [0.4, 0.5) is 0 Å². The Kier molecular flexibility index (Phi) is 1.83. The molecule has 0 saturated carbocycles. The summed E-state index contributed by atoms with van der Waals surface area (Å²) in [7, 11) is 2.05. The molecular formula is C5H13N3. The predicted octanol–water partition coefficient (Wildman–Crippen LogP) is -1.19. The van der Waals surface area contributed by atoms with Gasteiger partial charge >= 0.3 is 0 Å². The molecule has 0 aromatic rings. The molecular weight excluding hydrogens is 102 g/mol. The number of nitrogens with zero attached hydrogens (tertiary/aromatic N) is 1. The molecule has 0 aromatic heterocycles. The van der Waals surface area contributed by atoms with Gasteiger partial charge in [-0.05, 0) is 7.05 Å². The first-order valence-electron chi connectivity index (χ1n) is 2.97. The van der Waals surface area contributed by atoms with Crippen LogP contribution in [0.25, 0.3) is 0 Å². The summed E-state index contributed by atoms with van der Waals surface area (Å²) in [5, 5.41) is 3.20. The van der Waals surface area contributed by atoms with E-state index in [9.17, 15) is 0 Å². The van der Waals surface area contributed by atoms with Crippen LogP contribution in [0.2, 0.25) is 0 Å². The first-order valence-corrected chi connectivity index (χ1v) is 2.97. The highest BCUT2D eigenvalue weighted by molar-refractivity contribution is 4.70. The molecule has 1 aliphatic heterocycles. The van der Waals surface area contributed by atoms with Crippen LogP contribution >= 0.6 is 0 Å². The average Bonchev–Trinajstić information content (AvgIpc) is 1.77. The quantitative estimate of drug-likeness (QED) is 0.417. The molecule has 0 spiro atoms. The Labute approximate surface area is 49.8 Å². The van der Waals surface area contributed by atoms with E-state index in [2.05, 4.69) is 10.2 Å². The molecule has 1 unspecified atom stereocenters. The fraction of sp³-hybridized carbons (Fsp3) is 1.00. The van der Waals surface area contributed by atoms with Gasteiger partial charge in [-0.2, -0.15) is 0 Å². The highest BCUT2D eigenvalue weighted by Gasteiger charge is 2.12. The molecule has 1 aliphatic rings. The van der Waals surface area contributed by atoms with Gasteiger partial charge in [-0.15, -0.1) is 0 Å². The topological polar surface area (TPSA) is 41.3 Å². The number of hydrogen-bond donors (Lipinski definition) is 2. The fourth-order valence-electron chi connectivity index (χ4n) is 0.827. The zero-order valence-corrected chi connectivity index (χ0v) is 5.22. The van der Waals surface area contributed by atoms with E-state index in [4.69, 9.17) is 5.73 Å². The first-order chi connectivity index (χ1) is 3.80. The Morgan fingerprint density at radius 1 is 1.75 bits per heavy atom. The molecule has 1 atom stereocenters. The van der Waals surface area contributed by atoms with Crippen molar-refractivity contribution in [2.75, 3.05) is 26.7 Å². The summed E-state index contributed by atoms with van der Waals surface area (Å²) in [4.78, 5) is 2.15. The van der Waals surface area contributed by atoms with Crippen LogP contribution in [-0.2, 0) is 0 Å². The highest BCUT2D eigenvalue weighted by atomic mass is 15.2. The van der Waals surface area contributed by atoms with Crippen molar-refractivity contribution >= 4 is 0 Å². The van der Waals surface area contributed by atoms with Gasteiger partial charge in [-0.3, -0.25) is 4.90 Å². The minimum absolute atomic E-state index is 0.226. The van der Waals surface area contributed by atoms with Crippen LogP contribution in [0.1, 0.15) is 0 Å². The molecule has 0 radical (unpaired) electrons. The van der Waals surface area contributed by atoms with E-state index in [1.165, 1.54) is 0 Å². The maximum Gasteiger partial charge on any atom is 0.0698 e. The number of nitrogens with two attached hydrogens (primary N) is 1. The minimum atomic E-state index is 0.226. The van der Waals surface area contributed by atoms with Crippen molar-refractivity contribution in [1.82, 2.24) is 10.2 Å². The summed E-state index contributed by atoms with van der Waals surface area (Å²) < 4.78 is 0. The molecule has 0 aromatic carbocycles. The number of rotatable bonds is 0. The van der Waals surface area contributed by atoms with Gasteiger partial charge in [-0.25, -0.2) is 0 Å². The maximum absolute atomic E-state index is 5.64. The molecule has 1 fully saturated rings. The molecule has 48 valence electrons. The zero-order chi connectivity index (χ0) is 5.98. The minimum Gasteiger partial charge on any atom is -0.315 e. The number of likely N-dealkylation sites (N-methyl/N-ethyl adjacent to an activating group) is 1. The van der Waals surface area contributed by atoms with Crippen molar-refractivity contribution in [2.45, 2.75) is 6.17 Å². The van der Waals surface area contributed by atoms with Crippen LogP contribution in [-0.4, -0.2) is 37.7 Å². The summed E-state index contributed by atoms with van der Waals surface area (Å²) in [6.07, 6.45) is 0.226. The van der Waals surface area contributed by atoms with Gasteiger partial charge in [0.2, 0.25) is 0 Å². The van der Waals surface area contributed by atoms with E-state index < -0.39 is 0 Å². The Morgan fingerprint density at radius 3 is 2.88 bits per heavy atom. The molecule has 0 bridgehead atoms. The lowest BCUT2D eigenvalue weighted by Crippen LogP contribution is -2.53. The van der Waals surface area contributed by atoms with Gasteiger partial charge in [0.05, 0.1) is 6.17 Å². The van der Waals surface area contributed by atoms with E-state index in [1.807, 2.05) is 7.05 Å². The van der Waals surface area contributed by atoms with Crippen molar-refractivity contribution in [3.05, 3.63) is 0 Å². The Bertz CT molecular complexity index is 64.1. The van der Waals surface area contributed by atoms with E-state index >= 15 is 0 Å². The summed E-state index contributed by atoms with van der Waals surface area (Å²) in [5.74, 6) is 0. The lowest BCUT2D eigenvalue weighted by molar-refractivity contribution is 0.205. The third-order valence-electron chi connectivity index (χ3n) is 1.56. The van der Waals surface area contributed by atoms with Crippen molar-refractivity contribution in [2.24, 2.45) is 5.73 Å². The predicted molar refractivity (Wildman–Crippen MR) is 33.5 cm³/mol. The average molecular weight is 115 g/mol. The van der Waals surface area contributed by atoms with Gasteiger partial charge in [0.15, 0.2) is 0 Å². The van der Waals surface area contributed by atoms with Crippen LogP contribution in [0.15, 0.2) is 0 Å². The maximum atomic E-state index is 5.64. The molecule has 1 heterocycles. The van der Waals surface area contributed by atoms with Crippen LogP contribution in [0, 0.1) is 0 Å². The monoisotopic (exact) mass is 115 g/mol. The summed E-state index contributed by atoms with van der Waals surface area (Å²) in [6, 6.07) is 0. The van der Waals surface area contributed by atoms with Gasteiger partial charge in [0.25, 0.3) is 0 Å². The summed E-state index contributed by atoms with van der Waals surface area (Å²) in [5.41, 5.74) is 5.64. The molecule has 8 heavy (non-hydrogen) atoms. The lowest BCUT2D eigenvalue weighted by atomic mass is 10.3. The standard InChI is InChI=1S/C5H13N3/c1-8-3-2-7-4-5(8)6/h5,7H,2-4,6H2,1H3. The second-order valence-corrected chi connectivity index (χ2v) is 2.25. The molecule has 3 nitrogen and oxygen atoms in total. The first kappa shape index (κ1) is 6.01. The number of piperazine rings is 1. The summed E-state index contributed by atoms with van der Waals surface area (Å²) in [6.45, 7) is 3.07. The van der Waals surface area contributed by atoms with Crippen molar-refractivity contribution in [3.8, 4) is 0 Å². The second-order valence-electron chi connectivity index (χ2n) is 2.25. The third-order valence-corrected chi connectivity index (χ3v) is 1.56. The van der Waals surface area contributed by atoms with E-state index in [-0.39, 0.29) is 6.17 Å². The van der Waals surface area contributed by atoms with Crippen LogP contribution in [0.5, 0.6) is 0 Å². The van der Waals surface area contributed by atoms with E-state index in [0.717, 1.165) is 19.6 Å². The molecule has 1 saturated heterocycles. The molecule has 1 rings (SSSR count). The third kappa shape index (κ3) is 1.18. The van der Waals surface area contributed by atoms with Crippen molar-refractivity contribution in [1.29, 1.82) is 0 Å². The molecule has 3 heteroatoms. The van der Waals surface area contributed by atoms with Gasteiger partial charge in [-0.1, -0.05) is 0 Å². The molecule has 0 aliphatic carbocycles. The molecule has 3 N–H and O–H groups in total. The largest absolute Gasteiger partial charge is 0.315 e. The Hall–Kier alpha value is -0.120. The Balaban J connectivity index is 2.28. The van der Waals surface area contributed by atoms with Crippen LogP contribution in [0.3, 0.4) is 0 Å². The SMILES string of the molecule is CN1CCNCC1N. The number of hydrogen-bond acceptors (Lipinski definition) is 3. The van der Waals surface area contributed by atoms with E-state index in [1.54, 1.807) is 0 Å². The normalized spacial score (nSPS) is 33.0.